The van der Waals surface area contributed by atoms with Gasteiger partial charge in [-0.05, 0) is 62.7 Å². The van der Waals surface area contributed by atoms with Gasteiger partial charge in [0.1, 0.15) is 6.04 Å². The summed E-state index contributed by atoms with van der Waals surface area (Å²) in [6.07, 6.45) is 10.5. The molecule has 0 spiro atoms. The summed E-state index contributed by atoms with van der Waals surface area (Å²) < 4.78 is 0. The first-order valence-corrected chi connectivity index (χ1v) is 8.80. The van der Waals surface area contributed by atoms with Crippen LogP contribution in [0.4, 0.5) is 0 Å². The second kappa shape index (κ2) is 5.29. The van der Waals surface area contributed by atoms with E-state index in [0.717, 1.165) is 30.7 Å². The van der Waals surface area contributed by atoms with Crippen molar-refractivity contribution in [3.05, 3.63) is 0 Å². The Balaban J connectivity index is 1.38. The van der Waals surface area contributed by atoms with Gasteiger partial charge in [0.2, 0.25) is 11.8 Å². The van der Waals surface area contributed by atoms with Gasteiger partial charge in [0, 0.05) is 19.0 Å². The Labute approximate surface area is 126 Å². The van der Waals surface area contributed by atoms with Crippen LogP contribution in [0.25, 0.3) is 0 Å². The maximum atomic E-state index is 12.6. The summed E-state index contributed by atoms with van der Waals surface area (Å²) >= 11 is 0. The highest BCUT2D eigenvalue weighted by Gasteiger charge is 2.43. The number of rotatable bonds is 3. The van der Waals surface area contributed by atoms with E-state index in [0.29, 0.717) is 18.9 Å². The van der Waals surface area contributed by atoms with Gasteiger partial charge in [0.15, 0.2) is 0 Å². The van der Waals surface area contributed by atoms with E-state index in [1.165, 1.54) is 38.5 Å². The molecule has 4 nitrogen and oxygen atoms in total. The number of hydrogen-bond acceptors (Lipinski definition) is 2. The minimum atomic E-state index is -0.238. The van der Waals surface area contributed by atoms with E-state index in [2.05, 4.69) is 10.2 Å². The average molecular weight is 290 g/mol. The molecule has 0 aromatic carbocycles. The lowest BCUT2D eigenvalue weighted by Crippen LogP contribution is -2.47. The van der Waals surface area contributed by atoms with E-state index in [1.807, 2.05) is 0 Å². The van der Waals surface area contributed by atoms with Crippen LogP contribution >= 0.6 is 0 Å². The fraction of sp³-hybridized carbons (Fsp3) is 0.882. The van der Waals surface area contributed by atoms with Gasteiger partial charge in [-0.3, -0.25) is 9.59 Å². The van der Waals surface area contributed by atoms with Crippen molar-refractivity contribution in [3.8, 4) is 0 Å². The Bertz CT molecular complexity index is 450. The molecule has 2 aliphatic heterocycles. The van der Waals surface area contributed by atoms with Gasteiger partial charge in [-0.15, -0.1) is 0 Å². The third-order valence-electron chi connectivity index (χ3n) is 6.41. The SMILES string of the molecule is O=C1CCC(C(=O)N2CCCC2CC2CC3CCC2C3)N1. The van der Waals surface area contributed by atoms with Gasteiger partial charge in [0.05, 0.1) is 0 Å². The number of amides is 2. The molecule has 0 radical (unpaired) electrons. The third-order valence-corrected chi connectivity index (χ3v) is 6.41. The molecular weight excluding hydrogens is 264 g/mol. The van der Waals surface area contributed by atoms with Crippen molar-refractivity contribution in [1.29, 1.82) is 0 Å². The molecule has 2 aliphatic carbocycles. The summed E-state index contributed by atoms with van der Waals surface area (Å²) in [5.41, 5.74) is 0. The molecule has 2 bridgehead atoms. The van der Waals surface area contributed by atoms with Crippen molar-refractivity contribution in [2.45, 2.75) is 69.9 Å². The van der Waals surface area contributed by atoms with Gasteiger partial charge < -0.3 is 10.2 Å². The number of fused-ring (bicyclic) bond motifs is 2. The quantitative estimate of drug-likeness (QED) is 0.865. The molecular formula is C17H26N2O2. The average Bonchev–Trinajstić information content (AvgIpc) is 3.21. The number of carbonyl (C=O) groups excluding carboxylic acids is 2. The predicted octanol–water partition coefficient (Wildman–Crippen LogP) is 2.08. The fourth-order valence-electron chi connectivity index (χ4n) is 5.38. The first-order valence-electron chi connectivity index (χ1n) is 8.80. The molecule has 2 saturated heterocycles. The zero-order valence-electron chi connectivity index (χ0n) is 12.7. The van der Waals surface area contributed by atoms with Crippen molar-refractivity contribution < 1.29 is 9.59 Å². The minimum absolute atomic E-state index is 0.0391. The number of nitrogens with one attached hydrogen (secondary N) is 1. The van der Waals surface area contributed by atoms with Crippen LogP contribution in [-0.2, 0) is 9.59 Å². The highest BCUT2D eigenvalue weighted by Crippen LogP contribution is 2.50. The Morgan fingerprint density at radius 2 is 2.10 bits per heavy atom. The summed E-state index contributed by atoms with van der Waals surface area (Å²) in [7, 11) is 0. The number of carbonyl (C=O) groups is 2. The van der Waals surface area contributed by atoms with Crippen molar-refractivity contribution >= 4 is 11.8 Å². The first kappa shape index (κ1) is 13.6. The molecule has 4 fully saturated rings. The van der Waals surface area contributed by atoms with E-state index in [1.54, 1.807) is 0 Å². The molecule has 4 heteroatoms. The summed E-state index contributed by atoms with van der Waals surface area (Å²) in [5.74, 6) is 3.02. The van der Waals surface area contributed by atoms with Gasteiger partial charge in [-0.1, -0.05) is 6.42 Å². The van der Waals surface area contributed by atoms with Crippen LogP contribution in [0.5, 0.6) is 0 Å². The van der Waals surface area contributed by atoms with E-state index >= 15 is 0 Å². The number of likely N-dealkylation sites (tertiary alicyclic amines) is 1. The van der Waals surface area contributed by atoms with E-state index in [4.69, 9.17) is 0 Å². The number of nitrogens with zero attached hydrogens (tertiary/aromatic N) is 1. The molecule has 21 heavy (non-hydrogen) atoms. The van der Waals surface area contributed by atoms with Gasteiger partial charge in [0.25, 0.3) is 0 Å². The molecule has 5 atom stereocenters. The molecule has 1 N–H and O–H groups in total. The van der Waals surface area contributed by atoms with Crippen LogP contribution in [-0.4, -0.2) is 35.3 Å². The Morgan fingerprint density at radius 1 is 1.19 bits per heavy atom. The smallest absolute Gasteiger partial charge is 0.245 e. The Kier molecular flexibility index (Phi) is 3.43. The van der Waals surface area contributed by atoms with Gasteiger partial charge >= 0.3 is 0 Å². The normalized spacial score (nSPS) is 41.8. The second-order valence-electron chi connectivity index (χ2n) is 7.66. The molecule has 116 valence electrons. The maximum Gasteiger partial charge on any atom is 0.245 e. The highest BCUT2D eigenvalue weighted by atomic mass is 16.2. The van der Waals surface area contributed by atoms with E-state index < -0.39 is 0 Å². The molecule has 0 aromatic rings. The lowest BCUT2D eigenvalue weighted by atomic mass is 9.83. The molecule has 4 aliphatic rings. The number of hydrogen-bond donors (Lipinski definition) is 1. The topological polar surface area (TPSA) is 49.4 Å². The summed E-state index contributed by atoms with van der Waals surface area (Å²) in [5, 5.41) is 2.84. The minimum Gasteiger partial charge on any atom is -0.344 e. The van der Waals surface area contributed by atoms with Crippen LogP contribution < -0.4 is 5.32 Å². The first-order chi connectivity index (χ1) is 10.2. The second-order valence-corrected chi connectivity index (χ2v) is 7.66. The Morgan fingerprint density at radius 3 is 2.76 bits per heavy atom. The summed E-state index contributed by atoms with van der Waals surface area (Å²) in [4.78, 5) is 26.1. The highest BCUT2D eigenvalue weighted by molar-refractivity contribution is 5.91. The largest absolute Gasteiger partial charge is 0.344 e. The summed E-state index contributed by atoms with van der Waals surface area (Å²) in [6, 6.07) is 0.206. The third kappa shape index (κ3) is 2.47. The fourth-order valence-corrected chi connectivity index (χ4v) is 5.38. The van der Waals surface area contributed by atoms with Gasteiger partial charge in [-0.25, -0.2) is 0 Å². The van der Waals surface area contributed by atoms with Crippen LogP contribution in [0, 0.1) is 17.8 Å². The molecule has 0 aromatic heterocycles. The maximum absolute atomic E-state index is 12.6. The molecule has 2 heterocycles. The van der Waals surface area contributed by atoms with Crippen LogP contribution in [0.15, 0.2) is 0 Å². The van der Waals surface area contributed by atoms with Crippen molar-refractivity contribution in [3.63, 3.8) is 0 Å². The van der Waals surface area contributed by atoms with Crippen molar-refractivity contribution in [2.24, 2.45) is 17.8 Å². The Hall–Kier alpha value is -1.06. The molecule has 5 unspecified atom stereocenters. The molecule has 4 rings (SSSR count). The van der Waals surface area contributed by atoms with Crippen LogP contribution in [0.2, 0.25) is 0 Å². The molecule has 2 saturated carbocycles. The lowest BCUT2D eigenvalue weighted by Gasteiger charge is -2.31. The van der Waals surface area contributed by atoms with Crippen molar-refractivity contribution in [1.82, 2.24) is 10.2 Å². The van der Waals surface area contributed by atoms with Crippen LogP contribution in [0.1, 0.15) is 57.8 Å². The van der Waals surface area contributed by atoms with E-state index in [-0.39, 0.29) is 17.9 Å². The monoisotopic (exact) mass is 290 g/mol. The summed E-state index contributed by atoms with van der Waals surface area (Å²) in [6.45, 7) is 0.899. The predicted molar refractivity (Wildman–Crippen MR) is 79.5 cm³/mol. The standard InChI is InChI=1S/C17H26N2O2/c20-16-6-5-15(18-16)17(21)19-7-1-2-14(19)10-13-9-11-3-4-12(13)8-11/h11-15H,1-10H2,(H,18,20). The van der Waals surface area contributed by atoms with Crippen LogP contribution in [0.3, 0.4) is 0 Å². The van der Waals surface area contributed by atoms with Gasteiger partial charge in [-0.2, -0.15) is 0 Å². The zero-order valence-corrected chi connectivity index (χ0v) is 12.7. The van der Waals surface area contributed by atoms with Crippen molar-refractivity contribution in [2.75, 3.05) is 6.54 Å². The lowest BCUT2D eigenvalue weighted by molar-refractivity contribution is -0.135. The molecule has 2 amide bonds. The van der Waals surface area contributed by atoms with E-state index in [9.17, 15) is 9.59 Å². The zero-order chi connectivity index (χ0) is 14.4.